The molecule has 1 N–H and O–H groups in total. The zero-order chi connectivity index (χ0) is 14.4. The molecule has 0 radical (unpaired) electrons. The van der Waals surface area contributed by atoms with Crippen molar-refractivity contribution in [2.24, 2.45) is 16.7 Å². The van der Waals surface area contributed by atoms with Crippen molar-refractivity contribution in [3.63, 3.8) is 0 Å². The van der Waals surface area contributed by atoms with E-state index in [1.54, 1.807) is 12.1 Å². The Morgan fingerprint density at radius 1 is 1.32 bits per heavy atom. The molecule has 1 aromatic rings. The lowest BCUT2D eigenvalue weighted by atomic mass is 10.0. The van der Waals surface area contributed by atoms with Gasteiger partial charge in [-0.3, -0.25) is 4.79 Å². The summed E-state index contributed by atoms with van der Waals surface area (Å²) >= 11 is 8.10. The number of carbonyl (C=O) groups excluding carboxylic acids is 1. The molecule has 1 fully saturated rings. The van der Waals surface area contributed by atoms with Crippen molar-refractivity contribution in [3.8, 4) is 0 Å². The third-order valence-electron chi connectivity index (χ3n) is 4.96. The summed E-state index contributed by atoms with van der Waals surface area (Å²) in [4.78, 5) is 12.2. The molecule has 0 heterocycles. The molecular weight excluding hydrogens is 373 g/mol. The van der Waals surface area contributed by atoms with Gasteiger partial charge in [-0.1, -0.05) is 39.3 Å². The molecule has 4 heteroatoms. The largest absolute Gasteiger partial charge is 0.352 e. The van der Waals surface area contributed by atoms with Crippen LogP contribution in [-0.4, -0.2) is 12.5 Å². The predicted molar refractivity (Wildman–Crippen MR) is 87.6 cm³/mol. The molecule has 1 aliphatic carbocycles. The summed E-state index contributed by atoms with van der Waals surface area (Å²) < 4.78 is 0.925. The molecule has 0 unspecified atom stereocenters. The molecule has 1 amide bonds. The molecule has 104 valence electrons. The highest BCUT2D eigenvalue weighted by atomic mass is 127. The van der Waals surface area contributed by atoms with E-state index in [-0.39, 0.29) is 5.91 Å². The van der Waals surface area contributed by atoms with Gasteiger partial charge in [0, 0.05) is 15.1 Å². The van der Waals surface area contributed by atoms with E-state index in [4.69, 9.17) is 11.6 Å². The van der Waals surface area contributed by atoms with Crippen molar-refractivity contribution < 1.29 is 4.79 Å². The Kier molecular flexibility index (Phi) is 3.91. The average Bonchev–Trinajstić information content (AvgIpc) is 2.70. The minimum absolute atomic E-state index is 0.0367. The summed E-state index contributed by atoms with van der Waals surface area (Å²) in [5.41, 5.74) is 1.24. The first kappa shape index (κ1) is 15.1. The summed E-state index contributed by atoms with van der Waals surface area (Å²) in [7, 11) is 0. The van der Waals surface area contributed by atoms with E-state index >= 15 is 0 Å². The van der Waals surface area contributed by atoms with Crippen LogP contribution >= 0.6 is 34.2 Å². The van der Waals surface area contributed by atoms with Crippen molar-refractivity contribution in [3.05, 3.63) is 32.4 Å². The van der Waals surface area contributed by atoms with Gasteiger partial charge in [0.15, 0.2) is 0 Å². The highest BCUT2D eigenvalue weighted by Gasteiger charge is 2.64. The molecule has 0 bridgehead atoms. The maximum Gasteiger partial charge on any atom is 0.252 e. The van der Waals surface area contributed by atoms with Gasteiger partial charge in [0.05, 0.1) is 5.56 Å². The van der Waals surface area contributed by atoms with Crippen LogP contribution in [0.3, 0.4) is 0 Å². The number of benzene rings is 1. The zero-order valence-corrected chi connectivity index (χ0v) is 14.6. The molecule has 2 rings (SSSR count). The minimum Gasteiger partial charge on any atom is -0.352 e. The molecule has 0 saturated heterocycles. The van der Waals surface area contributed by atoms with Gasteiger partial charge >= 0.3 is 0 Å². The number of rotatable bonds is 3. The summed E-state index contributed by atoms with van der Waals surface area (Å²) in [5.74, 6) is 0.492. The van der Waals surface area contributed by atoms with Gasteiger partial charge in [-0.2, -0.15) is 0 Å². The van der Waals surface area contributed by atoms with Gasteiger partial charge in [0.25, 0.3) is 5.91 Å². The first-order valence-corrected chi connectivity index (χ1v) is 7.87. The quantitative estimate of drug-likeness (QED) is 0.762. The fourth-order valence-electron chi connectivity index (χ4n) is 2.80. The highest BCUT2D eigenvalue weighted by molar-refractivity contribution is 14.1. The third kappa shape index (κ3) is 2.64. The normalized spacial score (nSPS) is 20.1. The molecule has 2 nitrogen and oxygen atoms in total. The Labute approximate surface area is 133 Å². The van der Waals surface area contributed by atoms with Crippen molar-refractivity contribution >= 4 is 40.1 Å². The second-order valence-electron chi connectivity index (χ2n) is 6.33. The van der Waals surface area contributed by atoms with Crippen LogP contribution in [0.5, 0.6) is 0 Å². The number of hydrogen-bond donors (Lipinski definition) is 1. The van der Waals surface area contributed by atoms with Crippen LogP contribution < -0.4 is 5.32 Å². The van der Waals surface area contributed by atoms with Crippen molar-refractivity contribution in [2.45, 2.75) is 27.7 Å². The third-order valence-corrected chi connectivity index (χ3v) is 6.14. The van der Waals surface area contributed by atoms with Gasteiger partial charge in [0.1, 0.15) is 0 Å². The molecule has 0 aliphatic heterocycles. The van der Waals surface area contributed by atoms with Crippen LogP contribution in [-0.2, 0) is 0 Å². The first-order valence-electron chi connectivity index (χ1n) is 6.41. The van der Waals surface area contributed by atoms with E-state index in [1.807, 2.05) is 6.07 Å². The van der Waals surface area contributed by atoms with Gasteiger partial charge < -0.3 is 5.32 Å². The monoisotopic (exact) mass is 391 g/mol. The second kappa shape index (κ2) is 4.92. The topological polar surface area (TPSA) is 29.1 Å². The Balaban J connectivity index is 2.02. The van der Waals surface area contributed by atoms with Crippen molar-refractivity contribution in [1.82, 2.24) is 5.32 Å². The predicted octanol–water partition coefficient (Wildman–Crippen LogP) is 4.36. The maximum absolute atomic E-state index is 12.2. The maximum atomic E-state index is 12.2. The van der Waals surface area contributed by atoms with Crippen LogP contribution in [0, 0.1) is 20.3 Å². The van der Waals surface area contributed by atoms with Crippen molar-refractivity contribution in [1.29, 1.82) is 0 Å². The molecule has 1 aliphatic rings. The molecule has 1 saturated carbocycles. The number of halogens is 2. The van der Waals surface area contributed by atoms with Gasteiger partial charge in [-0.05, 0) is 57.5 Å². The van der Waals surface area contributed by atoms with E-state index in [0.29, 0.717) is 27.3 Å². The van der Waals surface area contributed by atoms with E-state index in [1.165, 1.54) is 0 Å². The Morgan fingerprint density at radius 3 is 2.42 bits per heavy atom. The van der Waals surface area contributed by atoms with Crippen LogP contribution in [0.2, 0.25) is 5.02 Å². The second-order valence-corrected chi connectivity index (χ2v) is 7.93. The fraction of sp³-hybridized carbons (Fsp3) is 0.533. The summed E-state index contributed by atoms with van der Waals surface area (Å²) in [5, 5.41) is 3.63. The van der Waals surface area contributed by atoms with Crippen LogP contribution in [0.15, 0.2) is 18.2 Å². The Hall–Kier alpha value is -0.290. The molecule has 0 spiro atoms. The average molecular weight is 392 g/mol. The fourth-order valence-corrected chi connectivity index (χ4v) is 3.56. The van der Waals surface area contributed by atoms with Crippen LogP contribution in [0.4, 0.5) is 0 Å². The number of amides is 1. The van der Waals surface area contributed by atoms with E-state index in [0.717, 1.165) is 10.1 Å². The van der Waals surface area contributed by atoms with E-state index in [9.17, 15) is 4.79 Å². The van der Waals surface area contributed by atoms with Gasteiger partial charge in [-0.15, -0.1) is 0 Å². The lowest BCUT2D eigenvalue weighted by molar-refractivity contribution is 0.0949. The lowest BCUT2D eigenvalue weighted by Crippen LogP contribution is -2.27. The molecular formula is C15H19ClINO. The van der Waals surface area contributed by atoms with Crippen LogP contribution in [0.25, 0.3) is 0 Å². The minimum atomic E-state index is -0.0367. The lowest BCUT2D eigenvalue weighted by Gasteiger charge is -2.08. The number of hydrogen-bond acceptors (Lipinski definition) is 1. The number of nitrogens with one attached hydrogen (secondary N) is 1. The summed E-state index contributed by atoms with van der Waals surface area (Å²) in [6.07, 6.45) is 0. The van der Waals surface area contributed by atoms with E-state index in [2.05, 4.69) is 55.6 Å². The first-order chi connectivity index (χ1) is 8.68. The summed E-state index contributed by atoms with van der Waals surface area (Å²) in [6.45, 7) is 9.75. The smallest absolute Gasteiger partial charge is 0.252 e. The van der Waals surface area contributed by atoms with Crippen molar-refractivity contribution in [2.75, 3.05) is 6.54 Å². The molecule has 0 atom stereocenters. The number of carbonyl (C=O) groups is 1. The van der Waals surface area contributed by atoms with Crippen LogP contribution in [0.1, 0.15) is 38.1 Å². The molecule has 19 heavy (non-hydrogen) atoms. The highest BCUT2D eigenvalue weighted by Crippen LogP contribution is 2.67. The molecule has 0 aromatic heterocycles. The SMILES string of the molecule is CC1(C)C(CNC(=O)c2cc(Cl)ccc2I)C1(C)C. The summed E-state index contributed by atoms with van der Waals surface area (Å²) in [6, 6.07) is 5.39. The zero-order valence-electron chi connectivity index (χ0n) is 11.7. The van der Waals surface area contributed by atoms with E-state index < -0.39 is 0 Å². The standard InChI is InChI=1S/C15H19ClINO/c1-14(2)12(15(14,3)4)8-18-13(19)10-7-9(16)5-6-11(10)17/h5-7,12H,8H2,1-4H3,(H,18,19). The Morgan fingerprint density at radius 2 is 1.89 bits per heavy atom. The van der Waals surface area contributed by atoms with Gasteiger partial charge in [0.2, 0.25) is 0 Å². The van der Waals surface area contributed by atoms with Gasteiger partial charge in [-0.25, -0.2) is 0 Å². The molecule has 1 aromatic carbocycles. The Bertz CT molecular complexity index is 511.